The fourth-order valence-electron chi connectivity index (χ4n) is 2.60. The van der Waals surface area contributed by atoms with E-state index in [1.807, 2.05) is 0 Å². The maximum Gasteiger partial charge on any atom is 0.309 e. The van der Waals surface area contributed by atoms with E-state index in [-0.39, 0.29) is 25.1 Å². The molecule has 7 heteroatoms. The molecule has 5 nitrogen and oxygen atoms in total. The standard InChI is InChI=1S/C14H15F2NO4/c1-21-6-5-17-11(18)7-9(14(19)20)13(17)8-3-2-4-10(15)12(8)16/h2-4,9,13H,5-7H2,1H3,(H,19,20). The second kappa shape index (κ2) is 6.17. The lowest BCUT2D eigenvalue weighted by Crippen LogP contribution is -2.34. The zero-order chi connectivity index (χ0) is 15.6. The van der Waals surface area contributed by atoms with Crippen LogP contribution in [0.1, 0.15) is 18.0 Å². The molecular formula is C14H15F2NO4. The zero-order valence-corrected chi connectivity index (χ0v) is 11.4. The minimum atomic E-state index is -1.21. The number of amides is 1. The van der Waals surface area contributed by atoms with Gasteiger partial charge in [-0.15, -0.1) is 0 Å². The molecule has 2 atom stereocenters. The van der Waals surface area contributed by atoms with Gasteiger partial charge in [-0.1, -0.05) is 12.1 Å². The maximum atomic E-state index is 14.0. The first kappa shape index (κ1) is 15.4. The van der Waals surface area contributed by atoms with E-state index < -0.39 is 35.5 Å². The van der Waals surface area contributed by atoms with Crippen LogP contribution in [-0.4, -0.2) is 42.1 Å². The number of carbonyl (C=O) groups is 2. The normalized spacial score (nSPS) is 21.9. The first-order valence-electron chi connectivity index (χ1n) is 6.42. The van der Waals surface area contributed by atoms with Crippen LogP contribution in [0.5, 0.6) is 0 Å². The number of carboxylic acid groups (broad SMARTS) is 1. The quantitative estimate of drug-likeness (QED) is 0.896. The van der Waals surface area contributed by atoms with E-state index in [0.717, 1.165) is 6.07 Å². The van der Waals surface area contributed by atoms with Crippen molar-refractivity contribution < 1.29 is 28.2 Å². The molecule has 0 radical (unpaired) electrons. The summed E-state index contributed by atoms with van der Waals surface area (Å²) in [5, 5.41) is 9.24. The van der Waals surface area contributed by atoms with Gasteiger partial charge in [0.25, 0.3) is 0 Å². The monoisotopic (exact) mass is 299 g/mol. The molecular weight excluding hydrogens is 284 g/mol. The second-order valence-electron chi connectivity index (χ2n) is 4.82. The summed E-state index contributed by atoms with van der Waals surface area (Å²) < 4.78 is 32.2. The van der Waals surface area contributed by atoms with Gasteiger partial charge in [0.2, 0.25) is 5.91 Å². The van der Waals surface area contributed by atoms with Crippen LogP contribution in [-0.2, 0) is 14.3 Å². The largest absolute Gasteiger partial charge is 0.481 e. The third kappa shape index (κ3) is 2.87. The van der Waals surface area contributed by atoms with Crippen LogP contribution in [0.25, 0.3) is 0 Å². The lowest BCUT2D eigenvalue weighted by Gasteiger charge is -2.27. The third-order valence-electron chi connectivity index (χ3n) is 3.59. The molecule has 1 heterocycles. The summed E-state index contributed by atoms with van der Waals surface area (Å²) in [7, 11) is 1.44. The number of nitrogens with zero attached hydrogens (tertiary/aromatic N) is 1. The van der Waals surface area contributed by atoms with Gasteiger partial charge >= 0.3 is 5.97 Å². The Morgan fingerprint density at radius 1 is 1.48 bits per heavy atom. The number of methoxy groups -OCH3 is 1. The molecule has 0 aliphatic carbocycles. The molecule has 1 aliphatic rings. The molecule has 0 spiro atoms. The summed E-state index contributed by atoms with van der Waals surface area (Å²) in [4.78, 5) is 24.5. The molecule has 1 aromatic rings. The van der Waals surface area contributed by atoms with E-state index in [0.29, 0.717) is 0 Å². The first-order valence-corrected chi connectivity index (χ1v) is 6.42. The van der Waals surface area contributed by atoms with Crippen molar-refractivity contribution in [2.24, 2.45) is 5.92 Å². The van der Waals surface area contributed by atoms with Crippen LogP contribution in [0.4, 0.5) is 8.78 Å². The highest BCUT2D eigenvalue weighted by Gasteiger charge is 2.45. The molecule has 2 unspecified atom stereocenters. The SMILES string of the molecule is COCCN1C(=O)CC(C(=O)O)C1c1cccc(F)c1F. The van der Waals surface area contributed by atoms with E-state index in [1.165, 1.54) is 24.1 Å². The van der Waals surface area contributed by atoms with Gasteiger partial charge in [-0.3, -0.25) is 9.59 Å². The van der Waals surface area contributed by atoms with Crippen molar-refractivity contribution in [3.05, 3.63) is 35.4 Å². The van der Waals surface area contributed by atoms with E-state index in [9.17, 15) is 23.5 Å². The van der Waals surface area contributed by atoms with E-state index in [1.54, 1.807) is 0 Å². The third-order valence-corrected chi connectivity index (χ3v) is 3.59. The van der Waals surface area contributed by atoms with E-state index >= 15 is 0 Å². The van der Waals surface area contributed by atoms with Crippen molar-refractivity contribution >= 4 is 11.9 Å². The summed E-state index contributed by atoms with van der Waals surface area (Å²) in [6.45, 7) is 0.311. The van der Waals surface area contributed by atoms with E-state index in [2.05, 4.69) is 0 Å². The highest BCUT2D eigenvalue weighted by atomic mass is 19.2. The summed E-state index contributed by atoms with van der Waals surface area (Å²) in [5.41, 5.74) is -0.121. The number of likely N-dealkylation sites (tertiary alicyclic amines) is 1. The molecule has 114 valence electrons. The van der Waals surface area contributed by atoms with E-state index in [4.69, 9.17) is 4.74 Å². The highest BCUT2D eigenvalue weighted by molar-refractivity contribution is 5.87. The highest BCUT2D eigenvalue weighted by Crippen LogP contribution is 2.39. The molecule has 2 rings (SSSR count). The Morgan fingerprint density at radius 2 is 2.19 bits per heavy atom. The van der Waals surface area contributed by atoms with Gasteiger partial charge in [-0.2, -0.15) is 0 Å². The Bertz CT molecular complexity index is 564. The lowest BCUT2D eigenvalue weighted by atomic mass is 9.93. The summed E-state index contributed by atoms with van der Waals surface area (Å²) >= 11 is 0. The van der Waals surface area contributed by atoms with Gasteiger partial charge in [0, 0.05) is 25.6 Å². The van der Waals surface area contributed by atoms with Gasteiger partial charge in [-0.25, -0.2) is 8.78 Å². The Morgan fingerprint density at radius 3 is 2.81 bits per heavy atom. The summed E-state index contributed by atoms with van der Waals surface area (Å²) in [6, 6.07) is 2.52. The van der Waals surface area contributed by atoms with Gasteiger partial charge < -0.3 is 14.7 Å². The second-order valence-corrected chi connectivity index (χ2v) is 4.82. The van der Waals surface area contributed by atoms with Crippen LogP contribution in [0, 0.1) is 17.6 Å². The topological polar surface area (TPSA) is 66.8 Å². The van der Waals surface area contributed by atoms with Crippen molar-refractivity contribution in [2.75, 3.05) is 20.3 Å². The lowest BCUT2D eigenvalue weighted by molar-refractivity contribution is -0.142. The number of carbonyl (C=O) groups excluding carboxylic acids is 1. The summed E-state index contributed by atoms with van der Waals surface area (Å²) in [6.07, 6.45) is -0.236. The molecule has 1 aliphatic heterocycles. The fourth-order valence-corrected chi connectivity index (χ4v) is 2.60. The molecule has 21 heavy (non-hydrogen) atoms. The molecule has 0 aromatic heterocycles. The van der Waals surface area contributed by atoms with Crippen LogP contribution in [0.2, 0.25) is 0 Å². The minimum absolute atomic E-state index is 0.121. The number of carboxylic acids is 1. The van der Waals surface area contributed by atoms with Crippen LogP contribution >= 0.6 is 0 Å². The molecule has 1 saturated heterocycles. The molecule has 1 amide bonds. The van der Waals surface area contributed by atoms with Gasteiger partial charge in [0.15, 0.2) is 11.6 Å². The molecule has 1 aromatic carbocycles. The number of hydrogen-bond acceptors (Lipinski definition) is 3. The molecule has 0 bridgehead atoms. The predicted molar refractivity (Wildman–Crippen MR) is 68.4 cm³/mol. The van der Waals surface area contributed by atoms with Crippen LogP contribution in [0.15, 0.2) is 18.2 Å². The van der Waals surface area contributed by atoms with Crippen molar-refractivity contribution in [2.45, 2.75) is 12.5 Å². The Balaban J connectivity index is 2.44. The number of aliphatic carboxylic acids is 1. The Labute approximate surface area is 120 Å². The average Bonchev–Trinajstić information content (AvgIpc) is 2.77. The first-order chi connectivity index (χ1) is 9.97. The maximum absolute atomic E-state index is 14.0. The Kier molecular flexibility index (Phi) is 4.52. The fraction of sp³-hybridized carbons (Fsp3) is 0.429. The van der Waals surface area contributed by atoms with Gasteiger partial charge in [0.1, 0.15) is 0 Å². The average molecular weight is 299 g/mol. The van der Waals surface area contributed by atoms with Crippen molar-refractivity contribution in [1.82, 2.24) is 4.90 Å². The van der Waals surface area contributed by atoms with Crippen molar-refractivity contribution in [3.8, 4) is 0 Å². The molecule has 1 fully saturated rings. The number of rotatable bonds is 5. The van der Waals surface area contributed by atoms with Crippen LogP contribution < -0.4 is 0 Å². The number of benzene rings is 1. The Hall–Kier alpha value is -2.02. The molecule has 1 N–H and O–H groups in total. The van der Waals surface area contributed by atoms with Crippen molar-refractivity contribution in [1.29, 1.82) is 0 Å². The smallest absolute Gasteiger partial charge is 0.309 e. The molecule has 0 saturated carbocycles. The van der Waals surface area contributed by atoms with Gasteiger partial charge in [0.05, 0.1) is 18.6 Å². The van der Waals surface area contributed by atoms with Crippen LogP contribution in [0.3, 0.4) is 0 Å². The minimum Gasteiger partial charge on any atom is -0.481 e. The number of hydrogen-bond donors (Lipinski definition) is 1. The number of halogens is 2. The van der Waals surface area contributed by atoms with Gasteiger partial charge in [-0.05, 0) is 6.07 Å². The van der Waals surface area contributed by atoms with Crippen molar-refractivity contribution in [3.63, 3.8) is 0 Å². The predicted octanol–water partition coefficient (Wildman–Crippen LogP) is 1.59. The number of ether oxygens (including phenoxy) is 1. The summed E-state index contributed by atoms with van der Waals surface area (Å²) in [5.74, 6) is -4.91. The zero-order valence-electron chi connectivity index (χ0n) is 11.4.